The summed E-state index contributed by atoms with van der Waals surface area (Å²) in [6, 6.07) is 0. The van der Waals surface area contributed by atoms with Gasteiger partial charge in [-0.15, -0.1) is 11.3 Å². The second-order valence-corrected chi connectivity index (χ2v) is 4.51. The summed E-state index contributed by atoms with van der Waals surface area (Å²) in [5, 5.41) is 13.6. The molecule has 2 heterocycles. The molecule has 1 aliphatic rings. The number of likely N-dealkylation sites (tertiary alicyclic amines) is 1. The lowest BCUT2D eigenvalue weighted by Gasteiger charge is -2.35. The number of rotatable bonds is 4. The van der Waals surface area contributed by atoms with Crippen molar-refractivity contribution < 1.29 is 14.7 Å². The van der Waals surface area contributed by atoms with Gasteiger partial charge in [0.1, 0.15) is 0 Å². The minimum Gasteiger partial charge on any atom is -0.481 e. The highest BCUT2D eigenvalue weighted by Gasteiger charge is 2.33. The van der Waals surface area contributed by atoms with Gasteiger partial charge in [-0.2, -0.15) is 0 Å². The number of nitrogens with one attached hydrogen (secondary N) is 1. The third kappa shape index (κ3) is 2.56. The van der Waals surface area contributed by atoms with E-state index >= 15 is 0 Å². The Balaban J connectivity index is 1.71. The second-order valence-electron chi connectivity index (χ2n) is 3.61. The van der Waals surface area contributed by atoms with Crippen LogP contribution in [-0.2, 0) is 9.59 Å². The van der Waals surface area contributed by atoms with Crippen LogP contribution in [0.2, 0.25) is 0 Å². The molecular formula is C9H11N3O3S. The van der Waals surface area contributed by atoms with Gasteiger partial charge in [0.25, 0.3) is 0 Å². The number of hydrogen-bond acceptors (Lipinski definition) is 5. The average molecular weight is 241 g/mol. The average Bonchev–Trinajstić information content (AvgIpc) is 2.62. The zero-order chi connectivity index (χ0) is 11.5. The lowest BCUT2D eigenvalue weighted by molar-refractivity contribution is -0.148. The fourth-order valence-corrected chi connectivity index (χ4v) is 2.05. The van der Waals surface area contributed by atoms with Crippen molar-refractivity contribution in [3.63, 3.8) is 0 Å². The molecule has 1 saturated heterocycles. The molecule has 0 unspecified atom stereocenters. The number of carbonyl (C=O) groups excluding carboxylic acids is 1. The van der Waals surface area contributed by atoms with Crippen LogP contribution in [0.5, 0.6) is 0 Å². The van der Waals surface area contributed by atoms with Crippen LogP contribution in [0.15, 0.2) is 11.6 Å². The fraction of sp³-hybridized carbons (Fsp3) is 0.444. The van der Waals surface area contributed by atoms with E-state index in [2.05, 4.69) is 10.3 Å². The monoisotopic (exact) mass is 241 g/mol. The topological polar surface area (TPSA) is 82.5 Å². The molecule has 1 aromatic rings. The number of anilines is 1. The van der Waals surface area contributed by atoms with Crippen LogP contribution < -0.4 is 5.32 Å². The normalized spacial score (nSPS) is 16.8. The SMILES string of the molecule is O=C(CN1CC(C(=O)O)C1)Nc1nccs1. The Bertz CT molecular complexity index is 387. The molecule has 0 saturated carbocycles. The van der Waals surface area contributed by atoms with Crippen molar-refractivity contribution >= 4 is 28.3 Å². The number of aliphatic carboxylic acids is 1. The molecule has 86 valence electrons. The summed E-state index contributed by atoms with van der Waals surface area (Å²) in [4.78, 5) is 27.7. The summed E-state index contributed by atoms with van der Waals surface area (Å²) in [5.41, 5.74) is 0. The van der Waals surface area contributed by atoms with Crippen molar-refractivity contribution in [2.24, 2.45) is 5.92 Å². The predicted molar refractivity (Wildman–Crippen MR) is 58.3 cm³/mol. The van der Waals surface area contributed by atoms with E-state index < -0.39 is 5.97 Å². The van der Waals surface area contributed by atoms with Crippen molar-refractivity contribution in [2.75, 3.05) is 25.0 Å². The van der Waals surface area contributed by atoms with Gasteiger partial charge in [0.05, 0.1) is 12.5 Å². The Morgan fingerprint density at radius 3 is 2.94 bits per heavy atom. The molecule has 1 fully saturated rings. The van der Waals surface area contributed by atoms with E-state index in [9.17, 15) is 9.59 Å². The van der Waals surface area contributed by atoms with Crippen molar-refractivity contribution in [1.29, 1.82) is 0 Å². The van der Waals surface area contributed by atoms with E-state index in [1.165, 1.54) is 11.3 Å². The molecule has 0 bridgehead atoms. The molecule has 0 aromatic carbocycles. The van der Waals surface area contributed by atoms with Gasteiger partial charge in [-0.25, -0.2) is 4.98 Å². The number of carboxylic acid groups (broad SMARTS) is 1. The summed E-state index contributed by atoms with van der Waals surface area (Å²) in [6.07, 6.45) is 1.62. The zero-order valence-corrected chi connectivity index (χ0v) is 9.24. The molecular weight excluding hydrogens is 230 g/mol. The van der Waals surface area contributed by atoms with E-state index in [1.54, 1.807) is 16.5 Å². The Labute approximate surface area is 95.9 Å². The maximum atomic E-state index is 11.5. The molecule has 0 radical (unpaired) electrons. The van der Waals surface area contributed by atoms with Gasteiger partial charge in [0.15, 0.2) is 5.13 Å². The van der Waals surface area contributed by atoms with Gasteiger partial charge in [0, 0.05) is 24.7 Å². The first kappa shape index (κ1) is 11.0. The summed E-state index contributed by atoms with van der Waals surface area (Å²) in [7, 11) is 0. The summed E-state index contributed by atoms with van der Waals surface area (Å²) < 4.78 is 0. The van der Waals surface area contributed by atoms with Gasteiger partial charge in [0.2, 0.25) is 5.91 Å². The molecule has 0 spiro atoms. The Kier molecular flexibility index (Phi) is 3.16. The first-order valence-corrected chi connectivity index (χ1v) is 5.67. The molecule has 16 heavy (non-hydrogen) atoms. The number of aromatic nitrogens is 1. The number of nitrogens with zero attached hydrogens (tertiary/aromatic N) is 2. The predicted octanol–water partition coefficient (Wildman–Crippen LogP) is 0.0980. The highest BCUT2D eigenvalue weighted by molar-refractivity contribution is 7.13. The molecule has 7 heteroatoms. The lowest BCUT2D eigenvalue weighted by Crippen LogP contribution is -2.52. The van der Waals surface area contributed by atoms with Crippen LogP contribution >= 0.6 is 11.3 Å². The minimum atomic E-state index is -0.795. The maximum Gasteiger partial charge on any atom is 0.309 e. The van der Waals surface area contributed by atoms with Crippen LogP contribution in [0, 0.1) is 5.92 Å². The number of thiazole rings is 1. The number of carboxylic acids is 1. The Hall–Kier alpha value is -1.47. The zero-order valence-electron chi connectivity index (χ0n) is 8.42. The van der Waals surface area contributed by atoms with E-state index in [0.29, 0.717) is 18.2 Å². The van der Waals surface area contributed by atoms with Crippen LogP contribution in [-0.4, -0.2) is 46.5 Å². The molecule has 0 aliphatic carbocycles. The summed E-state index contributed by atoms with van der Waals surface area (Å²) >= 11 is 1.35. The highest BCUT2D eigenvalue weighted by atomic mass is 32.1. The lowest BCUT2D eigenvalue weighted by atomic mass is 10.0. The Morgan fingerprint density at radius 2 is 2.38 bits per heavy atom. The van der Waals surface area contributed by atoms with Crippen molar-refractivity contribution in [2.45, 2.75) is 0 Å². The van der Waals surface area contributed by atoms with Gasteiger partial charge in [-0.1, -0.05) is 0 Å². The molecule has 0 atom stereocenters. The molecule has 6 nitrogen and oxygen atoms in total. The smallest absolute Gasteiger partial charge is 0.309 e. The van der Waals surface area contributed by atoms with Crippen molar-refractivity contribution in [3.8, 4) is 0 Å². The van der Waals surface area contributed by atoms with Crippen LogP contribution in [0.1, 0.15) is 0 Å². The number of carbonyl (C=O) groups is 2. The third-order valence-corrected chi connectivity index (χ3v) is 3.04. The minimum absolute atomic E-state index is 0.154. The fourth-order valence-electron chi connectivity index (χ4n) is 1.50. The van der Waals surface area contributed by atoms with Crippen LogP contribution in [0.3, 0.4) is 0 Å². The maximum absolute atomic E-state index is 11.5. The largest absolute Gasteiger partial charge is 0.481 e. The molecule has 1 amide bonds. The quantitative estimate of drug-likeness (QED) is 0.781. The van der Waals surface area contributed by atoms with Crippen LogP contribution in [0.4, 0.5) is 5.13 Å². The van der Waals surface area contributed by atoms with Crippen molar-refractivity contribution in [3.05, 3.63) is 11.6 Å². The molecule has 2 N–H and O–H groups in total. The van der Waals surface area contributed by atoms with Crippen LogP contribution in [0.25, 0.3) is 0 Å². The molecule has 1 aromatic heterocycles. The van der Waals surface area contributed by atoms with Gasteiger partial charge >= 0.3 is 5.97 Å². The van der Waals surface area contributed by atoms with E-state index in [-0.39, 0.29) is 18.4 Å². The summed E-state index contributed by atoms with van der Waals surface area (Å²) in [6.45, 7) is 1.12. The van der Waals surface area contributed by atoms with Gasteiger partial charge in [-0.05, 0) is 0 Å². The van der Waals surface area contributed by atoms with E-state index in [4.69, 9.17) is 5.11 Å². The third-order valence-electron chi connectivity index (χ3n) is 2.35. The van der Waals surface area contributed by atoms with E-state index in [1.807, 2.05) is 0 Å². The van der Waals surface area contributed by atoms with Crippen molar-refractivity contribution in [1.82, 2.24) is 9.88 Å². The molecule has 1 aliphatic heterocycles. The van der Waals surface area contributed by atoms with Gasteiger partial charge in [-0.3, -0.25) is 14.5 Å². The second kappa shape index (κ2) is 4.58. The van der Waals surface area contributed by atoms with Gasteiger partial charge < -0.3 is 10.4 Å². The highest BCUT2D eigenvalue weighted by Crippen LogP contribution is 2.15. The Morgan fingerprint density at radius 1 is 1.62 bits per heavy atom. The number of amides is 1. The number of hydrogen-bond donors (Lipinski definition) is 2. The van der Waals surface area contributed by atoms with E-state index in [0.717, 1.165) is 0 Å². The first-order chi connectivity index (χ1) is 7.65. The standard InChI is InChI=1S/C9H11N3O3S/c13-7(11-9-10-1-2-16-9)5-12-3-6(4-12)8(14)15/h1-2,6H,3-5H2,(H,14,15)(H,10,11,13). The first-order valence-electron chi connectivity index (χ1n) is 4.79. The summed E-state index contributed by atoms with van der Waals surface area (Å²) in [5.74, 6) is -1.27. The molecule has 2 rings (SSSR count).